The number of allylic oxidation sites excluding steroid dienone is 2. The second kappa shape index (κ2) is 3.99. The highest BCUT2D eigenvalue weighted by molar-refractivity contribution is 5.93. The summed E-state index contributed by atoms with van der Waals surface area (Å²) in [5.74, 6) is -0.0783. The van der Waals surface area contributed by atoms with E-state index in [9.17, 15) is 4.79 Å². The monoisotopic (exact) mass is 192 g/mol. The van der Waals surface area contributed by atoms with E-state index in [1.165, 1.54) is 5.57 Å². The molecule has 1 aliphatic heterocycles. The summed E-state index contributed by atoms with van der Waals surface area (Å²) in [7, 11) is 0. The van der Waals surface area contributed by atoms with Gasteiger partial charge in [-0.3, -0.25) is 0 Å². The van der Waals surface area contributed by atoms with Crippen molar-refractivity contribution in [3.8, 4) is 0 Å². The van der Waals surface area contributed by atoms with Crippen molar-refractivity contribution in [2.75, 3.05) is 0 Å². The number of carbonyl (C=O) groups excluding carboxylic acids is 1. The molecule has 2 nitrogen and oxygen atoms in total. The smallest absolute Gasteiger partial charge is 0.335 e. The number of esters is 1. The topological polar surface area (TPSA) is 26.3 Å². The number of unbranched alkanes of at least 4 members (excludes halogenated alkanes) is 1. The zero-order valence-corrected chi connectivity index (χ0v) is 8.58. The quantitative estimate of drug-likeness (QED) is 0.507. The Hall–Kier alpha value is -1.05. The number of ether oxygens (including phenoxy) is 1. The highest BCUT2D eigenvalue weighted by Crippen LogP contribution is 2.33. The maximum Gasteiger partial charge on any atom is 0.335 e. The lowest BCUT2D eigenvalue weighted by Crippen LogP contribution is -2.11. The van der Waals surface area contributed by atoms with Crippen LogP contribution in [0.5, 0.6) is 0 Å². The second-order valence-electron chi connectivity index (χ2n) is 3.92. The van der Waals surface area contributed by atoms with E-state index in [2.05, 4.69) is 19.1 Å². The Morgan fingerprint density at radius 2 is 2.21 bits per heavy atom. The van der Waals surface area contributed by atoms with Gasteiger partial charge in [0.1, 0.15) is 6.10 Å². The minimum atomic E-state index is -0.0783. The molecule has 1 heterocycles. The number of hydrogen-bond acceptors (Lipinski definition) is 2. The summed E-state index contributed by atoms with van der Waals surface area (Å²) in [4.78, 5) is 11.5. The maximum atomic E-state index is 11.5. The molecule has 14 heavy (non-hydrogen) atoms. The molecular formula is C12H16O2. The Morgan fingerprint density at radius 3 is 3.00 bits per heavy atom. The van der Waals surface area contributed by atoms with E-state index in [0.29, 0.717) is 0 Å². The maximum absolute atomic E-state index is 11.5. The van der Waals surface area contributed by atoms with E-state index in [4.69, 9.17) is 4.74 Å². The molecule has 76 valence electrons. The van der Waals surface area contributed by atoms with Crippen LogP contribution in [-0.2, 0) is 9.53 Å². The fourth-order valence-corrected chi connectivity index (χ4v) is 2.10. The lowest BCUT2D eigenvalue weighted by Gasteiger charge is -2.13. The van der Waals surface area contributed by atoms with E-state index in [1.807, 2.05) is 0 Å². The Kier molecular flexibility index (Phi) is 2.71. The molecule has 1 aliphatic carbocycles. The molecule has 0 fully saturated rings. The van der Waals surface area contributed by atoms with Crippen molar-refractivity contribution in [1.29, 1.82) is 0 Å². The van der Waals surface area contributed by atoms with Gasteiger partial charge in [0.2, 0.25) is 0 Å². The van der Waals surface area contributed by atoms with Crippen molar-refractivity contribution in [1.82, 2.24) is 0 Å². The summed E-state index contributed by atoms with van der Waals surface area (Å²) in [5.41, 5.74) is 2.17. The van der Waals surface area contributed by atoms with Crippen LogP contribution in [-0.4, -0.2) is 12.1 Å². The first-order chi connectivity index (χ1) is 6.83. The molecule has 0 saturated carbocycles. The first kappa shape index (κ1) is 9.50. The Labute approximate surface area is 84.6 Å². The van der Waals surface area contributed by atoms with Gasteiger partial charge in [0.15, 0.2) is 0 Å². The minimum absolute atomic E-state index is 0.0783. The van der Waals surface area contributed by atoms with Crippen LogP contribution in [0, 0.1) is 0 Å². The highest BCUT2D eigenvalue weighted by Gasteiger charge is 2.32. The predicted octanol–water partition coefficient (Wildman–Crippen LogP) is 2.75. The number of cyclic esters (lactones) is 1. The fraction of sp³-hybridized carbons (Fsp3) is 0.583. The van der Waals surface area contributed by atoms with Gasteiger partial charge >= 0.3 is 5.97 Å². The van der Waals surface area contributed by atoms with Crippen LogP contribution in [0.25, 0.3) is 0 Å². The highest BCUT2D eigenvalue weighted by atomic mass is 16.5. The number of hydrogen-bond donors (Lipinski definition) is 0. The van der Waals surface area contributed by atoms with Crippen LogP contribution in [0.1, 0.15) is 39.0 Å². The van der Waals surface area contributed by atoms with Crippen LogP contribution in [0.15, 0.2) is 23.3 Å². The molecule has 0 aromatic heterocycles. The molecule has 0 aromatic carbocycles. The van der Waals surface area contributed by atoms with Crippen molar-refractivity contribution in [3.63, 3.8) is 0 Å². The summed E-state index contributed by atoms with van der Waals surface area (Å²) in [6, 6.07) is 0. The molecule has 1 unspecified atom stereocenters. The lowest BCUT2D eigenvalue weighted by molar-refractivity contribution is -0.140. The predicted molar refractivity (Wildman–Crippen MR) is 54.8 cm³/mol. The van der Waals surface area contributed by atoms with Gasteiger partial charge < -0.3 is 4.74 Å². The third kappa shape index (κ3) is 1.61. The molecular weight excluding hydrogens is 176 g/mol. The Bertz CT molecular complexity index is 299. The first-order valence-corrected chi connectivity index (χ1v) is 5.40. The molecule has 0 spiro atoms. The van der Waals surface area contributed by atoms with Gasteiger partial charge in [0.25, 0.3) is 0 Å². The fourth-order valence-electron chi connectivity index (χ4n) is 2.10. The van der Waals surface area contributed by atoms with Crippen molar-refractivity contribution in [2.45, 2.75) is 45.1 Å². The van der Waals surface area contributed by atoms with Gasteiger partial charge in [-0.1, -0.05) is 25.5 Å². The molecule has 0 radical (unpaired) electrons. The SMILES string of the molecule is CCCCC1OC(=O)C2=C1CC=CC2. The van der Waals surface area contributed by atoms with Gasteiger partial charge in [-0.05, 0) is 31.3 Å². The van der Waals surface area contributed by atoms with E-state index in [-0.39, 0.29) is 12.1 Å². The van der Waals surface area contributed by atoms with Gasteiger partial charge in [0.05, 0.1) is 0 Å². The molecule has 0 bridgehead atoms. The van der Waals surface area contributed by atoms with Crippen LogP contribution < -0.4 is 0 Å². The standard InChI is InChI=1S/C12H16O2/c1-2-3-8-11-9-6-4-5-7-10(9)12(13)14-11/h4-5,11H,2-3,6-8H2,1H3. The summed E-state index contributed by atoms with van der Waals surface area (Å²) >= 11 is 0. The third-order valence-corrected chi connectivity index (χ3v) is 2.92. The van der Waals surface area contributed by atoms with Crippen LogP contribution in [0.4, 0.5) is 0 Å². The zero-order chi connectivity index (χ0) is 9.97. The Morgan fingerprint density at radius 1 is 1.43 bits per heavy atom. The largest absolute Gasteiger partial charge is 0.454 e. The summed E-state index contributed by atoms with van der Waals surface area (Å²) < 4.78 is 5.36. The van der Waals surface area contributed by atoms with Crippen molar-refractivity contribution < 1.29 is 9.53 Å². The van der Waals surface area contributed by atoms with Gasteiger partial charge in [-0.25, -0.2) is 4.79 Å². The molecule has 1 atom stereocenters. The van der Waals surface area contributed by atoms with Crippen molar-refractivity contribution in [2.24, 2.45) is 0 Å². The minimum Gasteiger partial charge on any atom is -0.454 e. The molecule has 0 amide bonds. The molecule has 0 N–H and O–H groups in total. The van der Waals surface area contributed by atoms with Crippen molar-refractivity contribution in [3.05, 3.63) is 23.3 Å². The normalized spacial score (nSPS) is 25.2. The lowest BCUT2D eigenvalue weighted by atomic mass is 9.93. The average molecular weight is 192 g/mol. The number of carbonyl (C=O) groups is 1. The third-order valence-electron chi connectivity index (χ3n) is 2.92. The van der Waals surface area contributed by atoms with Gasteiger partial charge in [0, 0.05) is 5.57 Å². The molecule has 2 aliphatic rings. The van der Waals surface area contributed by atoms with E-state index in [1.54, 1.807) is 0 Å². The van der Waals surface area contributed by atoms with Gasteiger partial charge in [-0.2, -0.15) is 0 Å². The molecule has 0 saturated heterocycles. The zero-order valence-electron chi connectivity index (χ0n) is 8.58. The summed E-state index contributed by atoms with van der Waals surface area (Å²) in [5, 5.41) is 0. The number of rotatable bonds is 3. The second-order valence-corrected chi connectivity index (χ2v) is 3.92. The van der Waals surface area contributed by atoms with E-state index < -0.39 is 0 Å². The van der Waals surface area contributed by atoms with Gasteiger partial charge in [-0.15, -0.1) is 0 Å². The van der Waals surface area contributed by atoms with Crippen LogP contribution in [0.3, 0.4) is 0 Å². The molecule has 2 rings (SSSR count). The summed E-state index contributed by atoms with van der Waals surface area (Å²) in [6.45, 7) is 2.16. The first-order valence-electron chi connectivity index (χ1n) is 5.40. The van der Waals surface area contributed by atoms with Crippen LogP contribution in [0.2, 0.25) is 0 Å². The molecule has 0 aromatic rings. The van der Waals surface area contributed by atoms with Crippen LogP contribution >= 0.6 is 0 Å². The van der Waals surface area contributed by atoms with E-state index in [0.717, 1.165) is 37.7 Å². The Balaban J connectivity index is 2.08. The average Bonchev–Trinajstić information content (AvgIpc) is 2.54. The molecule has 2 heteroatoms. The van der Waals surface area contributed by atoms with Crippen molar-refractivity contribution >= 4 is 5.97 Å². The van der Waals surface area contributed by atoms with E-state index >= 15 is 0 Å². The summed E-state index contributed by atoms with van der Waals surface area (Å²) in [6.07, 6.45) is 9.26.